The molecule has 0 heterocycles. The molecule has 0 aliphatic heterocycles. The number of ether oxygens (including phenoxy) is 3. The van der Waals surface area contributed by atoms with E-state index < -0.39 is 6.10 Å². The molecule has 0 radical (unpaired) electrons. The van der Waals surface area contributed by atoms with Crippen molar-refractivity contribution in [3.8, 4) is 0 Å². The molecule has 0 bridgehead atoms. The van der Waals surface area contributed by atoms with Crippen LogP contribution in [0.1, 0.15) is 233 Å². The summed E-state index contributed by atoms with van der Waals surface area (Å²) in [5.74, 6) is 0.00340. The van der Waals surface area contributed by atoms with Crippen molar-refractivity contribution in [2.45, 2.75) is 239 Å². The number of esters is 3. The molecule has 1 unspecified atom stereocenters. The molecule has 0 amide bonds. The van der Waals surface area contributed by atoms with Gasteiger partial charge >= 0.3 is 17.9 Å². The standard InChI is InChI=1S/C43H82O6/c1-5-8-10-12-14-15-19-23-26-30-34-41(44)47-37-40(49-43(46)36-32-28-21-13-11-9-6-2)38-48-42(45)35-31-27-24-20-17-16-18-22-25-29-33-39(4)7-3/h39-40H,5-38H2,1-4H3/t39?,40-/m0/s1. The summed E-state index contributed by atoms with van der Waals surface area (Å²) in [6.45, 7) is 8.95. The fourth-order valence-corrected chi connectivity index (χ4v) is 6.24. The van der Waals surface area contributed by atoms with Crippen LogP contribution in [0.25, 0.3) is 0 Å². The monoisotopic (exact) mass is 695 g/mol. The summed E-state index contributed by atoms with van der Waals surface area (Å²) in [6.07, 6.45) is 35.2. The first-order valence-corrected chi connectivity index (χ1v) is 21.4. The Balaban J connectivity index is 4.26. The molecule has 6 nitrogen and oxygen atoms in total. The van der Waals surface area contributed by atoms with E-state index in [4.69, 9.17) is 14.2 Å². The van der Waals surface area contributed by atoms with Crippen molar-refractivity contribution >= 4 is 17.9 Å². The SMILES string of the molecule is CCCCCCCCCCCCC(=O)OC[C@@H](COC(=O)CCCCCCCCCCCCC(C)CC)OC(=O)CCCCCCCCC. The van der Waals surface area contributed by atoms with Gasteiger partial charge in [-0.05, 0) is 25.2 Å². The topological polar surface area (TPSA) is 78.9 Å². The molecule has 0 aliphatic rings. The van der Waals surface area contributed by atoms with Crippen molar-refractivity contribution in [1.82, 2.24) is 0 Å². The smallest absolute Gasteiger partial charge is 0.306 e. The first kappa shape index (κ1) is 47.4. The molecule has 0 fully saturated rings. The molecular formula is C43H82O6. The Bertz CT molecular complexity index is 738. The van der Waals surface area contributed by atoms with E-state index in [2.05, 4.69) is 27.7 Å². The van der Waals surface area contributed by atoms with E-state index in [0.29, 0.717) is 19.3 Å². The van der Waals surface area contributed by atoms with Crippen LogP contribution in [0, 0.1) is 5.92 Å². The van der Waals surface area contributed by atoms with Crippen LogP contribution < -0.4 is 0 Å². The van der Waals surface area contributed by atoms with Crippen molar-refractivity contribution in [3.05, 3.63) is 0 Å². The lowest BCUT2D eigenvalue weighted by molar-refractivity contribution is -0.167. The molecule has 6 heteroatoms. The summed E-state index contributed by atoms with van der Waals surface area (Å²) in [5, 5.41) is 0. The van der Waals surface area contributed by atoms with E-state index in [1.54, 1.807) is 0 Å². The molecule has 0 aromatic rings. The highest BCUT2D eigenvalue weighted by atomic mass is 16.6. The van der Waals surface area contributed by atoms with Gasteiger partial charge in [0.25, 0.3) is 0 Å². The Hall–Kier alpha value is -1.59. The summed E-state index contributed by atoms with van der Waals surface area (Å²) in [4.78, 5) is 37.4. The number of hydrogen-bond donors (Lipinski definition) is 0. The van der Waals surface area contributed by atoms with Gasteiger partial charge in [-0.15, -0.1) is 0 Å². The third-order valence-electron chi connectivity index (χ3n) is 9.90. The van der Waals surface area contributed by atoms with Gasteiger partial charge in [0.2, 0.25) is 0 Å². The quantitative estimate of drug-likeness (QED) is 0.0364. The highest BCUT2D eigenvalue weighted by Crippen LogP contribution is 2.16. The zero-order valence-electron chi connectivity index (χ0n) is 33.1. The van der Waals surface area contributed by atoms with E-state index in [-0.39, 0.29) is 31.1 Å². The van der Waals surface area contributed by atoms with Crippen molar-refractivity contribution in [3.63, 3.8) is 0 Å². The summed E-state index contributed by atoms with van der Waals surface area (Å²) in [6, 6.07) is 0. The van der Waals surface area contributed by atoms with Crippen LogP contribution in [0.3, 0.4) is 0 Å². The lowest BCUT2D eigenvalue weighted by atomic mass is 9.99. The van der Waals surface area contributed by atoms with Crippen LogP contribution in [0.5, 0.6) is 0 Å². The maximum absolute atomic E-state index is 12.6. The Labute approximate surface area is 304 Å². The number of carbonyl (C=O) groups excluding carboxylic acids is 3. The van der Waals surface area contributed by atoms with Gasteiger partial charge in [-0.2, -0.15) is 0 Å². The van der Waals surface area contributed by atoms with Gasteiger partial charge in [-0.1, -0.05) is 195 Å². The second kappa shape index (κ2) is 37.7. The van der Waals surface area contributed by atoms with Gasteiger partial charge in [0.15, 0.2) is 6.10 Å². The minimum atomic E-state index is -0.757. The van der Waals surface area contributed by atoms with Gasteiger partial charge in [0.1, 0.15) is 13.2 Å². The van der Waals surface area contributed by atoms with E-state index >= 15 is 0 Å². The fraction of sp³-hybridized carbons (Fsp3) is 0.930. The van der Waals surface area contributed by atoms with Crippen molar-refractivity contribution < 1.29 is 28.6 Å². The summed E-state index contributed by atoms with van der Waals surface area (Å²) < 4.78 is 16.6. The average Bonchev–Trinajstić information content (AvgIpc) is 3.10. The second-order valence-electron chi connectivity index (χ2n) is 14.9. The van der Waals surface area contributed by atoms with Gasteiger partial charge < -0.3 is 14.2 Å². The van der Waals surface area contributed by atoms with E-state index in [0.717, 1.165) is 63.7 Å². The highest BCUT2D eigenvalue weighted by Gasteiger charge is 2.19. The summed E-state index contributed by atoms with van der Waals surface area (Å²) in [5.41, 5.74) is 0. The number of rotatable bonds is 38. The van der Waals surface area contributed by atoms with Crippen molar-refractivity contribution in [1.29, 1.82) is 0 Å². The van der Waals surface area contributed by atoms with Crippen LogP contribution in [0.2, 0.25) is 0 Å². The highest BCUT2D eigenvalue weighted by molar-refractivity contribution is 5.71. The number of unbranched alkanes of at least 4 members (excludes halogenated alkanes) is 24. The zero-order valence-corrected chi connectivity index (χ0v) is 33.1. The van der Waals surface area contributed by atoms with Crippen LogP contribution in [-0.2, 0) is 28.6 Å². The molecule has 0 N–H and O–H groups in total. The zero-order chi connectivity index (χ0) is 36.0. The normalized spacial score (nSPS) is 12.5. The Morgan fingerprint density at radius 2 is 0.714 bits per heavy atom. The molecule has 0 saturated carbocycles. The van der Waals surface area contributed by atoms with Crippen molar-refractivity contribution in [2.24, 2.45) is 5.92 Å². The lowest BCUT2D eigenvalue weighted by Crippen LogP contribution is -2.30. The first-order valence-electron chi connectivity index (χ1n) is 21.4. The molecule has 290 valence electrons. The van der Waals surface area contributed by atoms with Gasteiger partial charge in [0, 0.05) is 19.3 Å². The molecule has 2 atom stereocenters. The Morgan fingerprint density at radius 3 is 1.06 bits per heavy atom. The molecule has 0 rings (SSSR count). The molecule has 49 heavy (non-hydrogen) atoms. The lowest BCUT2D eigenvalue weighted by Gasteiger charge is -2.18. The Morgan fingerprint density at radius 1 is 0.408 bits per heavy atom. The minimum Gasteiger partial charge on any atom is -0.462 e. The third kappa shape index (κ3) is 36.0. The molecule has 0 aromatic carbocycles. The number of hydrogen-bond acceptors (Lipinski definition) is 6. The first-order chi connectivity index (χ1) is 23.9. The van der Waals surface area contributed by atoms with Crippen LogP contribution >= 0.6 is 0 Å². The average molecular weight is 695 g/mol. The van der Waals surface area contributed by atoms with E-state index in [9.17, 15) is 14.4 Å². The van der Waals surface area contributed by atoms with E-state index in [1.807, 2.05) is 0 Å². The van der Waals surface area contributed by atoms with Crippen LogP contribution in [-0.4, -0.2) is 37.2 Å². The van der Waals surface area contributed by atoms with Gasteiger partial charge in [0.05, 0.1) is 0 Å². The minimum absolute atomic E-state index is 0.0650. The molecular weight excluding hydrogens is 612 g/mol. The van der Waals surface area contributed by atoms with Crippen molar-refractivity contribution in [2.75, 3.05) is 13.2 Å². The van der Waals surface area contributed by atoms with Crippen LogP contribution in [0.4, 0.5) is 0 Å². The Kier molecular flexibility index (Phi) is 36.4. The van der Waals surface area contributed by atoms with E-state index in [1.165, 1.54) is 128 Å². The maximum atomic E-state index is 12.6. The molecule has 0 aliphatic carbocycles. The molecule has 0 aromatic heterocycles. The fourth-order valence-electron chi connectivity index (χ4n) is 6.24. The van der Waals surface area contributed by atoms with Gasteiger partial charge in [-0.3, -0.25) is 14.4 Å². The van der Waals surface area contributed by atoms with Crippen LogP contribution in [0.15, 0.2) is 0 Å². The largest absolute Gasteiger partial charge is 0.462 e. The second-order valence-corrected chi connectivity index (χ2v) is 14.9. The van der Waals surface area contributed by atoms with Gasteiger partial charge in [-0.25, -0.2) is 0 Å². The maximum Gasteiger partial charge on any atom is 0.306 e. The molecule has 0 spiro atoms. The molecule has 0 saturated heterocycles. The third-order valence-corrected chi connectivity index (χ3v) is 9.90. The predicted molar refractivity (Wildman–Crippen MR) is 206 cm³/mol. The summed E-state index contributed by atoms with van der Waals surface area (Å²) in [7, 11) is 0. The number of carbonyl (C=O) groups is 3. The predicted octanol–water partition coefficient (Wildman–Crippen LogP) is 13.2. The summed E-state index contributed by atoms with van der Waals surface area (Å²) >= 11 is 0.